The second-order valence-corrected chi connectivity index (χ2v) is 4.90. The number of likely N-dealkylation sites (N-methyl/N-ethyl adjacent to an activating group) is 1. The number of benzene rings is 1. The van der Waals surface area contributed by atoms with Gasteiger partial charge in [-0.05, 0) is 26.5 Å². The zero-order valence-electron chi connectivity index (χ0n) is 12.7. The Morgan fingerprint density at radius 3 is 2.75 bits per heavy atom. The molecular formula is C16H25N3O. The maximum Gasteiger partial charge on any atom is 0.0719 e. The van der Waals surface area contributed by atoms with E-state index in [1.807, 2.05) is 6.92 Å². The molecule has 4 nitrogen and oxygen atoms in total. The number of aryl methyl sites for hydroxylation is 1. The Morgan fingerprint density at radius 1 is 1.25 bits per heavy atom. The highest BCUT2D eigenvalue weighted by atomic mass is 16.5. The van der Waals surface area contributed by atoms with Crippen molar-refractivity contribution in [3.63, 3.8) is 0 Å². The number of rotatable bonds is 8. The number of nitrogens with zero attached hydrogens (tertiary/aromatic N) is 2. The average Bonchev–Trinajstić information content (AvgIpc) is 2.83. The van der Waals surface area contributed by atoms with Gasteiger partial charge in [-0.3, -0.25) is 4.68 Å². The van der Waals surface area contributed by atoms with Crippen LogP contribution in [0.5, 0.6) is 0 Å². The summed E-state index contributed by atoms with van der Waals surface area (Å²) in [4.78, 5) is 0. The second-order valence-electron chi connectivity index (χ2n) is 4.90. The van der Waals surface area contributed by atoms with E-state index in [-0.39, 0.29) is 0 Å². The molecule has 1 heterocycles. The smallest absolute Gasteiger partial charge is 0.0719 e. The maximum atomic E-state index is 5.57. The van der Waals surface area contributed by atoms with Crippen LogP contribution in [-0.4, -0.2) is 35.6 Å². The van der Waals surface area contributed by atoms with Crippen molar-refractivity contribution in [1.82, 2.24) is 15.1 Å². The number of hydrogen-bond acceptors (Lipinski definition) is 3. The van der Waals surface area contributed by atoms with Crippen LogP contribution < -0.4 is 5.32 Å². The lowest BCUT2D eigenvalue weighted by Gasteiger charge is -2.16. The Labute approximate surface area is 121 Å². The fourth-order valence-electron chi connectivity index (χ4n) is 2.56. The lowest BCUT2D eigenvalue weighted by Crippen LogP contribution is -2.35. The minimum absolute atomic E-state index is 0.323. The first-order valence-electron chi connectivity index (χ1n) is 7.55. The lowest BCUT2D eigenvalue weighted by atomic mass is 10.1. The van der Waals surface area contributed by atoms with Gasteiger partial charge in [0.15, 0.2) is 0 Å². The molecule has 0 aliphatic rings. The predicted molar refractivity (Wildman–Crippen MR) is 83.1 cm³/mol. The van der Waals surface area contributed by atoms with Gasteiger partial charge < -0.3 is 10.1 Å². The van der Waals surface area contributed by atoms with Crippen LogP contribution in [-0.2, 0) is 17.7 Å². The molecule has 1 atom stereocenters. The summed E-state index contributed by atoms with van der Waals surface area (Å²) in [6, 6.07) is 8.78. The van der Waals surface area contributed by atoms with Crippen LogP contribution in [0, 0.1) is 0 Å². The molecular weight excluding hydrogens is 250 g/mol. The highest BCUT2D eigenvalue weighted by Crippen LogP contribution is 2.19. The molecule has 2 aromatic rings. The summed E-state index contributed by atoms with van der Waals surface area (Å²) in [7, 11) is 0. The number of para-hydroxylation sites is 1. The third kappa shape index (κ3) is 3.38. The molecule has 0 bridgehead atoms. The van der Waals surface area contributed by atoms with E-state index in [1.54, 1.807) is 0 Å². The molecule has 0 saturated carbocycles. The Morgan fingerprint density at radius 2 is 2.05 bits per heavy atom. The van der Waals surface area contributed by atoms with Gasteiger partial charge in [-0.25, -0.2) is 0 Å². The van der Waals surface area contributed by atoms with Crippen LogP contribution in [0.25, 0.3) is 10.9 Å². The van der Waals surface area contributed by atoms with Crippen molar-refractivity contribution in [2.45, 2.75) is 39.8 Å². The van der Waals surface area contributed by atoms with Crippen molar-refractivity contribution in [3.05, 3.63) is 30.0 Å². The molecule has 0 amide bonds. The Kier molecular flexibility index (Phi) is 5.56. The highest BCUT2D eigenvalue weighted by molar-refractivity contribution is 5.82. The molecule has 0 fully saturated rings. The van der Waals surface area contributed by atoms with Crippen LogP contribution in [0.1, 0.15) is 26.5 Å². The summed E-state index contributed by atoms with van der Waals surface area (Å²) in [5.41, 5.74) is 2.38. The van der Waals surface area contributed by atoms with Gasteiger partial charge in [-0.1, -0.05) is 25.1 Å². The topological polar surface area (TPSA) is 39.1 Å². The quantitative estimate of drug-likeness (QED) is 0.805. The highest BCUT2D eigenvalue weighted by Gasteiger charge is 2.15. The first-order valence-corrected chi connectivity index (χ1v) is 7.55. The van der Waals surface area contributed by atoms with E-state index in [9.17, 15) is 0 Å². The number of ether oxygens (including phenoxy) is 1. The standard InChI is InChI=1S/C16H25N3O/c1-4-17-13(12-20-6-3)11-15-14-9-7-8-10-16(14)19(5-2)18-15/h7-10,13,17H,4-6,11-12H2,1-3H3. The first kappa shape index (κ1) is 15.0. The summed E-state index contributed by atoms with van der Waals surface area (Å²) < 4.78 is 7.65. The summed E-state index contributed by atoms with van der Waals surface area (Å²) in [6.45, 7) is 9.63. The van der Waals surface area contributed by atoms with E-state index in [4.69, 9.17) is 9.84 Å². The van der Waals surface area contributed by atoms with Crippen molar-refractivity contribution in [3.8, 4) is 0 Å². The number of aromatic nitrogens is 2. The molecule has 110 valence electrons. The summed E-state index contributed by atoms with van der Waals surface area (Å²) >= 11 is 0. The second kappa shape index (κ2) is 7.41. The average molecular weight is 275 g/mol. The fourth-order valence-corrected chi connectivity index (χ4v) is 2.56. The third-order valence-electron chi connectivity index (χ3n) is 3.49. The largest absolute Gasteiger partial charge is 0.380 e. The van der Waals surface area contributed by atoms with E-state index in [1.165, 1.54) is 10.9 Å². The molecule has 4 heteroatoms. The van der Waals surface area contributed by atoms with Crippen molar-refractivity contribution in [1.29, 1.82) is 0 Å². The summed E-state index contributed by atoms with van der Waals surface area (Å²) in [5.74, 6) is 0. The van der Waals surface area contributed by atoms with Crippen molar-refractivity contribution in [2.75, 3.05) is 19.8 Å². The zero-order chi connectivity index (χ0) is 14.4. The maximum absolute atomic E-state index is 5.57. The minimum Gasteiger partial charge on any atom is -0.380 e. The van der Waals surface area contributed by atoms with Crippen LogP contribution in [0.4, 0.5) is 0 Å². The van der Waals surface area contributed by atoms with E-state index in [2.05, 4.69) is 48.1 Å². The molecule has 1 aromatic heterocycles. The fraction of sp³-hybridized carbons (Fsp3) is 0.562. The van der Waals surface area contributed by atoms with Crippen molar-refractivity contribution in [2.24, 2.45) is 0 Å². The van der Waals surface area contributed by atoms with Crippen LogP contribution in [0.3, 0.4) is 0 Å². The molecule has 0 saturated heterocycles. The van der Waals surface area contributed by atoms with Crippen LogP contribution in [0.15, 0.2) is 24.3 Å². The monoisotopic (exact) mass is 275 g/mol. The van der Waals surface area contributed by atoms with Gasteiger partial charge in [0, 0.05) is 31.0 Å². The normalized spacial score (nSPS) is 12.9. The van der Waals surface area contributed by atoms with E-state index >= 15 is 0 Å². The van der Waals surface area contributed by atoms with Gasteiger partial charge in [0.05, 0.1) is 17.8 Å². The van der Waals surface area contributed by atoms with Gasteiger partial charge in [-0.15, -0.1) is 0 Å². The Hall–Kier alpha value is -1.39. The van der Waals surface area contributed by atoms with Gasteiger partial charge in [-0.2, -0.15) is 5.10 Å². The predicted octanol–water partition coefficient (Wildman–Crippen LogP) is 2.61. The first-order chi connectivity index (χ1) is 9.80. The Balaban J connectivity index is 2.22. The molecule has 20 heavy (non-hydrogen) atoms. The Bertz CT molecular complexity index is 536. The molecule has 0 aliphatic carbocycles. The molecule has 0 aliphatic heterocycles. The number of hydrogen-bond donors (Lipinski definition) is 1. The molecule has 1 aromatic carbocycles. The molecule has 1 N–H and O–H groups in total. The number of nitrogens with one attached hydrogen (secondary N) is 1. The molecule has 0 spiro atoms. The van der Waals surface area contributed by atoms with Crippen molar-refractivity contribution < 1.29 is 4.74 Å². The summed E-state index contributed by atoms with van der Waals surface area (Å²) in [6.07, 6.45) is 0.904. The molecule has 1 unspecified atom stereocenters. The lowest BCUT2D eigenvalue weighted by molar-refractivity contribution is 0.123. The van der Waals surface area contributed by atoms with Crippen LogP contribution >= 0.6 is 0 Å². The minimum atomic E-state index is 0.323. The molecule has 0 radical (unpaired) electrons. The van der Waals surface area contributed by atoms with Crippen LogP contribution in [0.2, 0.25) is 0 Å². The zero-order valence-corrected chi connectivity index (χ0v) is 12.7. The SMILES string of the molecule is CCNC(COCC)Cc1nn(CC)c2ccccc12. The van der Waals surface area contributed by atoms with Gasteiger partial charge in [0.25, 0.3) is 0 Å². The van der Waals surface area contributed by atoms with E-state index in [0.29, 0.717) is 6.04 Å². The van der Waals surface area contributed by atoms with Crippen molar-refractivity contribution >= 4 is 10.9 Å². The van der Waals surface area contributed by atoms with E-state index < -0.39 is 0 Å². The van der Waals surface area contributed by atoms with E-state index in [0.717, 1.165) is 38.4 Å². The molecule has 2 rings (SSSR count). The third-order valence-corrected chi connectivity index (χ3v) is 3.49. The van der Waals surface area contributed by atoms with Gasteiger partial charge in [0.1, 0.15) is 0 Å². The summed E-state index contributed by atoms with van der Waals surface area (Å²) in [5, 5.41) is 9.50. The number of fused-ring (bicyclic) bond motifs is 1. The van der Waals surface area contributed by atoms with Gasteiger partial charge in [0.2, 0.25) is 0 Å². The van der Waals surface area contributed by atoms with Gasteiger partial charge >= 0.3 is 0 Å².